The number of nitrogens with two attached hydrogens (primary N) is 2. The van der Waals surface area contributed by atoms with E-state index >= 15 is 0 Å². The van der Waals surface area contributed by atoms with Crippen LogP contribution in [0.25, 0.3) is 0 Å². The molecule has 0 atom stereocenters. The number of ether oxygens (including phenoxy) is 1. The first-order valence-corrected chi connectivity index (χ1v) is 4.90. The molecule has 5 nitrogen and oxygen atoms in total. The second-order valence-electron chi connectivity index (χ2n) is 3.42. The number of hydrogen-bond donors (Lipinski definition) is 2. The number of halogens is 1. The van der Waals surface area contributed by atoms with E-state index in [2.05, 4.69) is 9.97 Å². The lowest BCUT2D eigenvalue weighted by Gasteiger charge is -2.05. The predicted octanol–water partition coefficient (Wildman–Crippen LogP) is 1.36. The predicted molar refractivity (Wildman–Crippen MR) is 61.6 cm³/mol. The van der Waals surface area contributed by atoms with Crippen LogP contribution in [0.2, 0.25) is 0 Å². The second kappa shape index (κ2) is 4.65. The van der Waals surface area contributed by atoms with Gasteiger partial charge in [-0.05, 0) is 17.7 Å². The van der Waals surface area contributed by atoms with Crippen LogP contribution in [0.3, 0.4) is 0 Å². The molecule has 1 aromatic carbocycles. The van der Waals surface area contributed by atoms with Crippen molar-refractivity contribution in [2.24, 2.45) is 0 Å². The topological polar surface area (TPSA) is 87.0 Å². The minimum absolute atomic E-state index is 0.0336. The Hall–Kier alpha value is -2.37. The van der Waals surface area contributed by atoms with E-state index in [0.29, 0.717) is 5.69 Å². The zero-order chi connectivity index (χ0) is 12.3. The summed E-state index contributed by atoms with van der Waals surface area (Å²) in [5.41, 5.74) is 12.4. The minimum Gasteiger partial charge on any atom is -0.459 e. The van der Waals surface area contributed by atoms with E-state index < -0.39 is 5.82 Å². The molecule has 6 heteroatoms. The highest BCUT2D eigenvalue weighted by Gasteiger charge is 2.04. The Kier molecular flexibility index (Phi) is 3.04. The Balaban J connectivity index is 2.05. The molecule has 0 aliphatic rings. The fourth-order valence-electron chi connectivity index (χ4n) is 1.26. The van der Waals surface area contributed by atoms with Gasteiger partial charge in [-0.15, -0.1) is 0 Å². The number of anilines is 2. The van der Waals surface area contributed by atoms with Gasteiger partial charge in [-0.1, -0.05) is 12.1 Å². The fourth-order valence-corrected chi connectivity index (χ4v) is 1.26. The quantitative estimate of drug-likeness (QED) is 0.783. The first-order valence-electron chi connectivity index (χ1n) is 4.90. The van der Waals surface area contributed by atoms with Gasteiger partial charge in [0.15, 0.2) is 11.6 Å². The smallest absolute Gasteiger partial charge is 0.318 e. The van der Waals surface area contributed by atoms with Crippen molar-refractivity contribution in [1.82, 2.24) is 9.97 Å². The molecule has 0 unspecified atom stereocenters. The van der Waals surface area contributed by atoms with Crippen LogP contribution in [-0.4, -0.2) is 9.97 Å². The average Bonchev–Trinajstić information content (AvgIpc) is 2.31. The summed E-state index contributed by atoms with van der Waals surface area (Å²) in [5, 5.41) is 0. The molecule has 0 bridgehead atoms. The average molecular weight is 234 g/mol. The molecule has 1 heterocycles. The van der Waals surface area contributed by atoms with Gasteiger partial charge in [0.2, 0.25) is 0 Å². The van der Waals surface area contributed by atoms with Crippen LogP contribution < -0.4 is 16.2 Å². The molecule has 88 valence electrons. The van der Waals surface area contributed by atoms with Crippen molar-refractivity contribution in [3.63, 3.8) is 0 Å². The third-order valence-electron chi connectivity index (χ3n) is 2.07. The highest BCUT2D eigenvalue weighted by molar-refractivity contribution is 5.40. The molecule has 17 heavy (non-hydrogen) atoms. The maximum Gasteiger partial charge on any atom is 0.318 e. The lowest BCUT2D eigenvalue weighted by atomic mass is 10.2. The molecule has 0 aliphatic heterocycles. The van der Waals surface area contributed by atoms with Crippen molar-refractivity contribution < 1.29 is 9.13 Å². The summed E-state index contributed by atoms with van der Waals surface area (Å²) in [5.74, 6) is -0.899. The number of rotatable bonds is 3. The Bertz CT molecular complexity index is 533. The van der Waals surface area contributed by atoms with E-state index in [1.807, 2.05) is 12.1 Å². The van der Waals surface area contributed by atoms with Crippen molar-refractivity contribution in [1.29, 1.82) is 0 Å². The molecule has 0 saturated heterocycles. The summed E-state index contributed by atoms with van der Waals surface area (Å²) in [4.78, 5) is 7.31. The van der Waals surface area contributed by atoms with E-state index in [-0.39, 0.29) is 18.4 Å². The van der Waals surface area contributed by atoms with Crippen molar-refractivity contribution in [2.75, 3.05) is 11.5 Å². The Morgan fingerprint density at radius 1 is 1.29 bits per heavy atom. The molecule has 2 aromatic rings. The van der Waals surface area contributed by atoms with E-state index in [1.54, 1.807) is 12.1 Å². The van der Waals surface area contributed by atoms with Gasteiger partial charge in [0.05, 0.1) is 6.20 Å². The third kappa shape index (κ3) is 2.81. The Morgan fingerprint density at radius 2 is 2.12 bits per heavy atom. The minimum atomic E-state index is -0.665. The van der Waals surface area contributed by atoms with Gasteiger partial charge >= 0.3 is 6.01 Å². The zero-order valence-electron chi connectivity index (χ0n) is 8.93. The van der Waals surface area contributed by atoms with E-state index in [0.717, 1.165) is 11.8 Å². The SMILES string of the molecule is Nc1cccc(COc2ncc(F)c(N)n2)c1. The lowest BCUT2D eigenvalue weighted by Crippen LogP contribution is -2.03. The molecular weight excluding hydrogens is 223 g/mol. The number of aromatic nitrogens is 2. The van der Waals surface area contributed by atoms with Crippen LogP contribution in [0.1, 0.15) is 5.56 Å². The molecule has 0 fully saturated rings. The van der Waals surface area contributed by atoms with Gasteiger partial charge in [-0.2, -0.15) is 4.98 Å². The fraction of sp³-hybridized carbons (Fsp3) is 0.0909. The highest BCUT2D eigenvalue weighted by atomic mass is 19.1. The van der Waals surface area contributed by atoms with Crippen LogP contribution in [0.4, 0.5) is 15.9 Å². The number of nitrogen functional groups attached to an aromatic ring is 2. The summed E-state index contributed by atoms with van der Waals surface area (Å²) < 4.78 is 18.1. The number of nitrogens with zero attached hydrogens (tertiary/aromatic N) is 2. The highest BCUT2D eigenvalue weighted by Crippen LogP contribution is 2.12. The molecule has 0 aliphatic carbocycles. The Morgan fingerprint density at radius 3 is 2.82 bits per heavy atom. The molecule has 0 saturated carbocycles. The van der Waals surface area contributed by atoms with Gasteiger partial charge < -0.3 is 16.2 Å². The van der Waals surface area contributed by atoms with Crippen molar-refractivity contribution >= 4 is 11.5 Å². The first kappa shape index (κ1) is 11.1. The summed E-state index contributed by atoms with van der Waals surface area (Å²) in [7, 11) is 0. The zero-order valence-corrected chi connectivity index (χ0v) is 8.93. The number of benzene rings is 1. The monoisotopic (exact) mass is 234 g/mol. The van der Waals surface area contributed by atoms with Gasteiger partial charge in [0.25, 0.3) is 0 Å². The molecular formula is C11H11FN4O. The Labute approximate surface area is 97.3 Å². The lowest BCUT2D eigenvalue weighted by molar-refractivity contribution is 0.280. The van der Waals surface area contributed by atoms with E-state index in [4.69, 9.17) is 16.2 Å². The maximum absolute atomic E-state index is 12.8. The normalized spacial score (nSPS) is 10.2. The van der Waals surface area contributed by atoms with Crippen molar-refractivity contribution in [3.8, 4) is 6.01 Å². The first-order chi connectivity index (χ1) is 8.15. The van der Waals surface area contributed by atoms with Crippen molar-refractivity contribution in [2.45, 2.75) is 6.61 Å². The molecule has 2 rings (SSSR count). The van der Waals surface area contributed by atoms with Crippen LogP contribution >= 0.6 is 0 Å². The molecule has 0 amide bonds. The van der Waals surface area contributed by atoms with E-state index in [1.165, 1.54) is 0 Å². The molecule has 4 N–H and O–H groups in total. The second-order valence-corrected chi connectivity index (χ2v) is 3.42. The number of hydrogen-bond acceptors (Lipinski definition) is 5. The van der Waals surface area contributed by atoms with Crippen molar-refractivity contribution in [3.05, 3.63) is 41.8 Å². The molecule has 0 spiro atoms. The summed E-state index contributed by atoms with van der Waals surface area (Å²) in [6.45, 7) is 0.246. The van der Waals surface area contributed by atoms with Crippen LogP contribution in [-0.2, 0) is 6.61 Å². The van der Waals surface area contributed by atoms with Crippen LogP contribution in [0.15, 0.2) is 30.5 Å². The van der Waals surface area contributed by atoms with Gasteiger partial charge in [-0.3, -0.25) is 0 Å². The largest absolute Gasteiger partial charge is 0.459 e. The molecule has 0 radical (unpaired) electrons. The standard InChI is InChI=1S/C11H11FN4O/c12-9-5-15-11(16-10(9)14)17-6-7-2-1-3-8(13)4-7/h1-5H,6,13H2,(H2,14,15,16). The van der Waals surface area contributed by atoms with Gasteiger partial charge in [0, 0.05) is 5.69 Å². The molecule has 1 aromatic heterocycles. The van der Waals surface area contributed by atoms with E-state index in [9.17, 15) is 4.39 Å². The van der Waals surface area contributed by atoms with Crippen LogP contribution in [0, 0.1) is 5.82 Å². The summed E-state index contributed by atoms with van der Waals surface area (Å²) in [6, 6.07) is 7.24. The van der Waals surface area contributed by atoms with Gasteiger partial charge in [-0.25, -0.2) is 9.37 Å². The summed E-state index contributed by atoms with van der Waals surface area (Å²) >= 11 is 0. The maximum atomic E-state index is 12.8. The summed E-state index contributed by atoms with van der Waals surface area (Å²) in [6.07, 6.45) is 0.969. The third-order valence-corrected chi connectivity index (χ3v) is 2.07. The van der Waals surface area contributed by atoms with Gasteiger partial charge in [0.1, 0.15) is 6.61 Å². The van der Waals surface area contributed by atoms with Crippen LogP contribution in [0.5, 0.6) is 6.01 Å².